The topological polar surface area (TPSA) is 60.8 Å². The number of aromatic nitrogens is 4. The van der Waals surface area contributed by atoms with Crippen LogP contribution in [0.2, 0.25) is 0 Å². The zero-order valence-corrected chi connectivity index (χ0v) is 14.5. The van der Waals surface area contributed by atoms with Crippen LogP contribution >= 0.6 is 0 Å². The second-order valence-electron chi connectivity index (χ2n) is 5.53. The molecule has 0 unspecified atom stereocenters. The molecule has 0 spiro atoms. The first-order valence-corrected chi connectivity index (χ1v) is 8.01. The van der Waals surface area contributed by atoms with Gasteiger partial charge in [0.2, 0.25) is 5.88 Å². The summed E-state index contributed by atoms with van der Waals surface area (Å²) < 4.78 is 43.6. The monoisotopic (exact) mass is 372 g/mol. The molecule has 0 N–H and O–H groups in total. The van der Waals surface area contributed by atoms with E-state index in [4.69, 9.17) is 4.74 Å². The van der Waals surface area contributed by atoms with Gasteiger partial charge in [-0.3, -0.25) is 9.97 Å². The number of hydrogen-bond donors (Lipinski definition) is 0. The first kappa shape index (κ1) is 18.5. The summed E-state index contributed by atoms with van der Waals surface area (Å²) in [6, 6.07) is 5.60. The lowest BCUT2D eigenvalue weighted by Gasteiger charge is -2.13. The minimum Gasteiger partial charge on any atom is -0.437 e. The number of rotatable bonds is 4. The molecule has 0 fully saturated rings. The van der Waals surface area contributed by atoms with E-state index >= 15 is 0 Å². The van der Waals surface area contributed by atoms with Crippen molar-refractivity contribution >= 4 is 5.57 Å². The number of nitrogens with zero attached hydrogens (tertiary/aromatic N) is 4. The molecular weight excluding hydrogens is 357 g/mol. The molecule has 0 bridgehead atoms. The number of alkyl halides is 3. The smallest absolute Gasteiger partial charge is 0.433 e. The van der Waals surface area contributed by atoms with Crippen LogP contribution in [0.3, 0.4) is 0 Å². The largest absolute Gasteiger partial charge is 0.437 e. The Kier molecular flexibility index (Phi) is 5.16. The fourth-order valence-electron chi connectivity index (χ4n) is 2.49. The van der Waals surface area contributed by atoms with Crippen molar-refractivity contribution in [3.8, 4) is 11.6 Å². The molecule has 27 heavy (non-hydrogen) atoms. The van der Waals surface area contributed by atoms with E-state index in [1.54, 1.807) is 24.5 Å². The van der Waals surface area contributed by atoms with Gasteiger partial charge in [-0.2, -0.15) is 13.2 Å². The Balaban J connectivity index is 1.96. The summed E-state index contributed by atoms with van der Waals surface area (Å²) in [7, 11) is 0. The molecular formula is C19H15F3N4O. The molecule has 0 atom stereocenters. The standard InChI is InChI=1S/C19H15F3N4O/c1-3-14(17-12(2)23-9-10-24-17)15-5-4-8-25-18(15)27-13-6-7-16(26-11-13)19(20,21)22/h3-11H,1-2H3/b14-3-. The molecule has 0 saturated carbocycles. The molecule has 0 aliphatic heterocycles. The van der Waals surface area contributed by atoms with Gasteiger partial charge in [-0.1, -0.05) is 6.08 Å². The third-order valence-electron chi connectivity index (χ3n) is 3.73. The Morgan fingerprint density at radius 3 is 2.41 bits per heavy atom. The van der Waals surface area contributed by atoms with Crippen molar-refractivity contribution < 1.29 is 17.9 Å². The molecule has 3 heterocycles. The molecule has 3 aromatic rings. The summed E-state index contributed by atoms with van der Waals surface area (Å²) in [5.41, 5.74) is 1.81. The number of allylic oxidation sites excluding steroid dienone is 1. The van der Waals surface area contributed by atoms with E-state index in [-0.39, 0.29) is 11.6 Å². The molecule has 5 nitrogen and oxygen atoms in total. The molecule has 3 aromatic heterocycles. The van der Waals surface area contributed by atoms with Gasteiger partial charge in [0, 0.05) is 29.7 Å². The van der Waals surface area contributed by atoms with Gasteiger partial charge in [0.05, 0.1) is 17.6 Å². The van der Waals surface area contributed by atoms with Gasteiger partial charge < -0.3 is 4.74 Å². The number of pyridine rings is 2. The van der Waals surface area contributed by atoms with Gasteiger partial charge in [-0.25, -0.2) is 9.97 Å². The zero-order valence-electron chi connectivity index (χ0n) is 14.5. The van der Waals surface area contributed by atoms with Crippen LogP contribution in [0.15, 0.2) is 55.1 Å². The van der Waals surface area contributed by atoms with E-state index in [1.165, 1.54) is 12.3 Å². The van der Waals surface area contributed by atoms with E-state index in [2.05, 4.69) is 19.9 Å². The Bertz CT molecular complexity index is 969. The highest BCUT2D eigenvalue weighted by Gasteiger charge is 2.32. The zero-order chi connectivity index (χ0) is 19.4. The van der Waals surface area contributed by atoms with Crippen molar-refractivity contribution in [2.45, 2.75) is 20.0 Å². The lowest BCUT2D eigenvalue weighted by Crippen LogP contribution is -2.07. The SMILES string of the molecule is C/C=C(/c1cccnc1Oc1ccc(C(F)(F)F)nc1)c1nccnc1C. The van der Waals surface area contributed by atoms with Crippen LogP contribution in [0.4, 0.5) is 13.2 Å². The first-order chi connectivity index (χ1) is 12.9. The quantitative estimate of drug-likeness (QED) is 0.656. The third kappa shape index (κ3) is 4.11. The molecule has 0 aliphatic rings. The average Bonchev–Trinajstić information content (AvgIpc) is 2.65. The fraction of sp³-hybridized carbons (Fsp3) is 0.158. The first-order valence-electron chi connectivity index (χ1n) is 8.01. The minimum atomic E-state index is -4.50. The molecule has 0 amide bonds. The Morgan fingerprint density at radius 2 is 1.78 bits per heavy atom. The molecule has 8 heteroatoms. The normalized spacial score (nSPS) is 12.1. The Hall–Kier alpha value is -3.29. The van der Waals surface area contributed by atoms with Gasteiger partial charge >= 0.3 is 6.18 Å². The van der Waals surface area contributed by atoms with Crippen molar-refractivity contribution in [1.29, 1.82) is 0 Å². The highest BCUT2D eigenvalue weighted by molar-refractivity contribution is 5.81. The summed E-state index contributed by atoms with van der Waals surface area (Å²) in [6.45, 7) is 3.68. The molecule has 0 saturated heterocycles. The van der Waals surface area contributed by atoms with E-state index in [1.807, 2.05) is 19.9 Å². The van der Waals surface area contributed by atoms with Gasteiger partial charge in [-0.15, -0.1) is 0 Å². The minimum absolute atomic E-state index is 0.147. The third-order valence-corrected chi connectivity index (χ3v) is 3.73. The predicted octanol–water partition coefficient (Wildman–Crippen LogP) is 4.84. The fourth-order valence-corrected chi connectivity index (χ4v) is 2.49. The van der Waals surface area contributed by atoms with Crippen LogP contribution in [0, 0.1) is 6.92 Å². The van der Waals surface area contributed by atoms with Crippen LogP contribution in [0.1, 0.15) is 29.6 Å². The molecule has 0 radical (unpaired) electrons. The lowest BCUT2D eigenvalue weighted by atomic mass is 10.0. The molecule has 0 aromatic carbocycles. The number of hydrogen-bond acceptors (Lipinski definition) is 5. The highest BCUT2D eigenvalue weighted by Crippen LogP contribution is 2.33. The van der Waals surface area contributed by atoms with Crippen molar-refractivity contribution in [1.82, 2.24) is 19.9 Å². The second kappa shape index (κ2) is 7.53. The molecule has 138 valence electrons. The van der Waals surface area contributed by atoms with Crippen LogP contribution in [-0.2, 0) is 6.18 Å². The highest BCUT2D eigenvalue weighted by atomic mass is 19.4. The van der Waals surface area contributed by atoms with Crippen molar-refractivity contribution in [2.75, 3.05) is 0 Å². The summed E-state index contributed by atoms with van der Waals surface area (Å²) in [5.74, 6) is 0.381. The number of aryl methyl sites for hydroxylation is 1. The van der Waals surface area contributed by atoms with E-state index in [0.717, 1.165) is 23.5 Å². The van der Waals surface area contributed by atoms with Gasteiger partial charge in [0.1, 0.15) is 11.4 Å². The van der Waals surface area contributed by atoms with E-state index in [0.29, 0.717) is 11.3 Å². The van der Waals surface area contributed by atoms with Crippen LogP contribution in [0.5, 0.6) is 11.6 Å². The molecule has 0 aliphatic carbocycles. The van der Waals surface area contributed by atoms with Crippen LogP contribution < -0.4 is 4.74 Å². The number of ether oxygens (including phenoxy) is 1. The van der Waals surface area contributed by atoms with Gasteiger partial charge in [0.25, 0.3) is 0 Å². The Labute approximate surface area is 153 Å². The number of halogens is 3. The maximum atomic E-state index is 12.7. The van der Waals surface area contributed by atoms with Crippen LogP contribution in [-0.4, -0.2) is 19.9 Å². The summed E-state index contributed by atoms with van der Waals surface area (Å²) in [4.78, 5) is 16.2. The van der Waals surface area contributed by atoms with Crippen molar-refractivity contribution in [3.63, 3.8) is 0 Å². The van der Waals surface area contributed by atoms with Gasteiger partial charge in [-0.05, 0) is 38.1 Å². The van der Waals surface area contributed by atoms with Crippen molar-refractivity contribution in [3.05, 3.63) is 77.8 Å². The van der Waals surface area contributed by atoms with Gasteiger partial charge in [0.15, 0.2) is 0 Å². The second-order valence-corrected chi connectivity index (χ2v) is 5.53. The lowest BCUT2D eigenvalue weighted by molar-refractivity contribution is -0.141. The summed E-state index contributed by atoms with van der Waals surface area (Å²) >= 11 is 0. The van der Waals surface area contributed by atoms with E-state index < -0.39 is 11.9 Å². The van der Waals surface area contributed by atoms with E-state index in [9.17, 15) is 13.2 Å². The predicted molar refractivity (Wildman–Crippen MR) is 93.1 cm³/mol. The maximum Gasteiger partial charge on any atom is 0.433 e. The summed E-state index contributed by atoms with van der Waals surface area (Å²) in [6.07, 6.45) is 3.09. The Morgan fingerprint density at radius 1 is 1.00 bits per heavy atom. The average molecular weight is 372 g/mol. The maximum absolute atomic E-state index is 12.7. The molecule has 3 rings (SSSR count). The van der Waals surface area contributed by atoms with Crippen LogP contribution in [0.25, 0.3) is 5.57 Å². The summed E-state index contributed by atoms with van der Waals surface area (Å²) in [5, 5.41) is 0. The van der Waals surface area contributed by atoms with Crippen molar-refractivity contribution in [2.24, 2.45) is 0 Å².